The SMILES string of the molecule is C=C1[C@@H](O)C2[C@H]3[C@H](C(C)=C4[C@H]5OC(=O)[C@@H](C)[C@@H]5CC[C@](C)(O)[C@@H]43)[C@@]13[C@@H]2[C@@](C)(O)CC[C@H]1[C@H](C)C(=O)O[C@@H]13. The number of hydrogen-bond acceptors (Lipinski definition) is 7. The van der Waals surface area contributed by atoms with E-state index in [2.05, 4.69) is 13.5 Å². The lowest BCUT2D eigenvalue weighted by atomic mass is 9.57. The summed E-state index contributed by atoms with van der Waals surface area (Å²) in [4.78, 5) is 25.7. The van der Waals surface area contributed by atoms with E-state index in [1.165, 1.54) is 0 Å². The largest absolute Gasteiger partial charge is 0.461 e. The molecule has 202 valence electrons. The number of aliphatic hydroxyl groups is 3. The van der Waals surface area contributed by atoms with E-state index in [1.807, 2.05) is 27.7 Å². The van der Waals surface area contributed by atoms with Gasteiger partial charge >= 0.3 is 11.9 Å². The number of carbonyl (C=O) groups is 2. The average molecular weight is 513 g/mol. The Morgan fingerprint density at radius 1 is 0.892 bits per heavy atom. The molecule has 0 aromatic heterocycles. The van der Waals surface area contributed by atoms with Crippen molar-refractivity contribution in [2.24, 2.45) is 58.7 Å². The van der Waals surface area contributed by atoms with Crippen molar-refractivity contribution in [3.63, 3.8) is 0 Å². The first kappa shape index (κ1) is 24.3. The summed E-state index contributed by atoms with van der Waals surface area (Å²) in [6.45, 7) is 14.1. The number of fused-ring (bicyclic) bond motifs is 7. The molecule has 7 aliphatic rings. The molecule has 0 spiro atoms. The smallest absolute Gasteiger partial charge is 0.309 e. The molecule has 0 aromatic carbocycles. The minimum absolute atomic E-state index is 0.00106. The fourth-order valence-electron chi connectivity index (χ4n) is 11.2. The summed E-state index contributed by atoms with van der Waals surface area (Å²) in [6, 6.07) is 0. The van der Waals surface area contributed by atoms with Crippen molar-refractivity contribution in [1.29, 1.82) is 0 Å². The maximum absolute atomic E-state index is 13.0. The molecule has 0 radical (unpaired) electrons. The Bertz CT molecular complexity index is 1150. The number of esters is 2. The minimum atomic E-state index is -1.08. The number of allylic oxidation sites excluding steroid dienone is 1. The molecule has 7 rings (SSSR count). The molecule has 0 aromatic rings. The number of aliphatic hydroxyl groups excluding tert-OH is 1. The fraction of sp³-hybridized carbons (Fsp3) is 0.800. The zero-order valence-electron chi connectivity index (χ0n) is 22.4. The number of rotatable bonds is 0. The zero-order valence-corrected chi connectivity index (χ0v) is 22.4. The highest BCUT2D eigenvalue weighted by Gasteiger charge is 2.82. The molecule has 1 unspecified atom stereocenters. The van der Waals surface area contributed by atoms with E-state index in [9.17, 15) is 24.9 Å². The molecule has 2 aliphatic heterocycles. The fourth-order valence-corrected chi connectivity index (χ4v) is 11.2. The third-order valence-corrected chi connectivity index (χ3v) is 12.5. The Balaban J connectivity index is 1.49. The Morgan fingerprint density at radius 2 is 1.49 bits per heavy atom. The van der Waals surface area contributed by atoms with Crippen molar-refractivity contribution < 1.29 is 34.4 Å². The summed E-state index contributed by atoms with van der Waals surface area (Å²) in [5.41, 5.74) is -0.238. The van der Waals surface area contributed by atoms with E-state index in [0.29, 0.717) is 31.3 Å². The maximum Gasteiger partial charge on any atom is 0.309 e. The second-order valence-electron chi connectivity index (χ2n) is 14.0. The molecule has 2 heterocycles. The molecular weight excluding hydrogens is 472 g/mol. The van der Waals surface area contributed by atoms with Crippen molar-refractivity contribution in [3.05, 3.63) is 23.3 Å². The van der Waals surface area contributed by atoms with Crippen LogP contribution in [-0.2, 0) is 19.1 Å². The lowest BCUT2D eigenvalue weighted by molar-refractivity contribution is -0.152. The standard InChI is InChI=1S/C30H40O7/c1-11-15-7-9-28(5,34)21-17(23(15)36-26(11)32)13(3)20-18(21)19-22(31)14(4)30(20)24(19)29(6,35)10-8-16-12(2)27(33)37-25(16)30/h11-12,15-16,18-25,31,34-35H,4,7-10H2,1-3,5-6H3/t11-,12-,15-,16-,18-,19?,20-,21-,22+,23-,24-,25-,28-,29-,30+/m0/s1. The van der Waals surface area contributed by atoms with E-state index in [-0.39, 0.29) is 71.3 Å². The van der Waals surface area contributed by atoms with Crippen molar-refractivity contribution in [1.82, 2.24) is 0 Å². The molecule has 7 heteroatoms. The lowest BCUT2D eigenvalue weighted by Crippen LogP contribution is -2.51. The van der Waals surface area contributed by atoms with Crippen LogP contribution in [0.3, 0.4) is 0 Å². The normalized spacial score (nSPS) is 59.7. The molecule has 37 heavy (non-hydrogen) atoms. The van der Waals surface area contributed by atoms with Gasteiger partial charge in [0, 0.05) is 29.1 Å². The second-order valence-corrected chi connectivity index (χ2v) is 14.0. The van der Waals surface area contributed by atoms with Crippen LogP contribution >= 0.6 is 0 Å². The maximum atomic E-state index is 13.0. The molecule has 7 nitrogen and oxygen atoms in total. The Hall–Kier alpha value is -1.70. The molecule has 5 aliphatic carbocycles. The van der Waals surface area contributed by atoms with Crippen LogP contribution in [0, 0.1) is 58.7 Å². The van der Waals surface area contributed by atoms with Gasteiger partial charge in [0.15, 0.2) is 0 Å². The van der Waals surface area contributed by atoms with E-state index in [1.54, 1.807) is 0 Å². The van der Waals surface area contributed by atoms with Gasteiger partial charge in [-0.3, -0.25) is 9.59 Å². The Labute approximate surface area is 218 Å². The number of hydrogen-bond donors (Lipinski definition) is 3. The Kier molecular flexibility index (Phi) is 4.66. The highest BCUT2D eigenvalue weighted by molar-refractivity contribution is 5.76. The Morgan fingerprint density at radius 3 is 2.19 bits per heavy atom. The first-order chi connectivity index (χ1) is 17.3. The molecule has 3 N–H and O–H groups in total. The third kappa shape index (κ3) is 2.56. The second kappa shape index (κ2) is 7.08. The highest BCUT2D eigenvalue weighted by Crippen LogP contribution is 2.79. The number of carbonyl (C=O) groups excluding carboxylic acids is 2. The topological polar surface area (TPSA) is 113 Å². The summed E-state index contributed by atoms with van der Waals surface area (Å²) in [6.07, 6.45) is 0.689. The number of ether oxygens (including phenoxy) is 2. The van der Waals surface area contributed by atoms with Crippen LogP contribution in [0.15, 0.2) is 23.3 Å². The van der Waals surface area contributed by atoms with Gasteiger partial charge in [0.2, 0.25) is 0 Å². The van der Waals surface area contributed by atoms with Crippen LogP contribution in [0.25, 0.3) is 0 Å². The van der Waals surface area contributed by atoms with Crippen LogP contribution < -0.4 is 0 Å². The van der Waals surface area contributed by atoms with Crippen LogP contribution in [0.2, 0.25) is 0 Å². The molecule has 2 bridgehead atoms. The van der Waals surface area contributed by atoms with Crippen molar-refractivity contribution in [2.75, 3.05) is 0 Å². The van der Waals surface area contributed by atoms with E-state index in [0.717, 1.165) is 11.1 Å². The van der Waals surface area contributed by atoms with Gasteiger partial charge in [-0.05, 0) is 75.4 Å². The van der Waals surface area contributed by atoms with Gasteiger partial charge in [-0.25, -0.2) is 0 Å². The van der Waals surface area contributed by atoms with Gasteiger partial charge in [0.1, 0.15) is 12.2 Å². The summed E-state index contributed by atoms with van der Waals surface area (Å²) in [5.74, 6) is -2.33. The summed E-state index contributed by atoms with van der Waals surface area (Å²) in [5, 5.41) is 35.9. The van der Waals surface area contributed by atoms with E-state index < -0.39 is 28.8 Å². The predicted octanol–water partition coefficient (Wildman–Crippen LogP) is 2.77. The van der Waals surface area contributed by atoms with Gasteiger partial charge in [-0.1, -0.05) is 26.0 Å². The highest BCUT2D eigenvalue weighted by atomic mass is 16.6. The van der Waals surface area contributed by atoms with Crippen molar-refractivity contribution in [3.8, 4) is 0 Å². The summed E-state index contributed by atoms with van der Waals surface area (Å²) >= 11 is 0. The predicted molar refractivity (Wildman–Crippen MR) is 133 cm³/mol. The van der Waals surface area contributed by atoms with Crippen LogP contribution in [0.5, 0.6) is 0 Å². The van der Waals surface area contributed by atoms with Crippen LogP contribution in [-0.4, -0.2) is 56.8 Å². The first-order valence-corrected chi connectivity index (χ1v) is 14.2. The molecule has 6 fully saturated rings. The minimum Gasteiger partial charge on any atom is -0.461 e. The summed E-state index contributed by atoms with van der Waals surface area (Å²) in [7, 11) is 0. The lowest BCUT2D eigenvalue weighted by Gasteiger charge is -2.48. The molecule has 15 atom stereocenters. The summed E-state index contributed by atoms with van der Waals surface area (Å²) < 4.78 is 12.3. The quantitative estimate of drug-likeness (QED) is 0.338. The average Bonchev–Trinajstić information content (AvgIpc) is 3.50. The zero-order chi connectivity index (χ0) is 26.6. The van der Waals surface area contributed by atoms with Crippen LogP contribution in [0.4, 0.5) is 0 Å². The van der Waals surface area contributed by atoms with Crippen molar-refractivity contribution >= 4 is 11.9 Å². The molecule has 2 saturated heterocycles. The van der Waals surface area contributed by atoms with Crippen molar-refractivity contribution in [2.45, 2.75) is 89.8 Å². The monoisotopic (exact) mass is 512 g/mol. The van der Waals surface area contributed by atoms with Gasteiger partial charge in [-0.2, -0.15) is 0 Å². The molecule has 4 saturated carbocycles. The van der Waals surface area contributed by atoms with Gasteiger partial charge in [0.25, 0.3) is 0 Å². The van der Waals surface area contributed by atoms with Crippen LogP contribution in [0.1, 0.15) is 60.3 Å². The van der Waals surface area contributed by atoms with E-state index in [4.69, 9.17) is 9.47 Å². The molecule has 0 amide bonds. The van der Waals surface area contributed by atoms with Gasteiger partial charge < -0.3 is 24.8 Å². The third-order valence-electron chi connectivity index (χ3n) is 12.5. The van der Waals surface area contributed by atoms with Gasteiger partial charge in [-0.15, -0.1) is 0 Å². The first-order valence-electron chi connectivity index (χ1n) is 14.2. The van der Waals surface area contributed by atoms with E-state index >= 15 is 0 Å². The molecular formula is C30H40O7. The van der Waals surface area contributed by atoms with Gasteiger partial charge in [0.05, 0.1) is 29.1 Å².